The van der Waals surface area contributed by atoms with E-state index in [2.05, 4.69) is 21.9 Å². The molecule has 6 heteroatoms. The number of carbonyl (C=O) groups excluding carboxylic acids is 1. The van der Waals surface area contributed by atoms with E-state index in [1.807, 2.05) is 33.8 Å². The number of nitrogens with zero attached hydrogens (tertiary/aromatic N) is 5. The van der Waals surface area contributed by atoms with Gasteiger partial charge in [-0.15, -0.1) is 0 Å². The van der Waals surface area contributed by atoms with Gasteiger partial charge in [0.15, 0.2) is 0 Å². The Morgan fingerprint density at radius 3 is 2.91 bits per heavy atom. The summed E-state index contributed by atoms with van der Waals surface area (Å²) >= 11 is 0. The molecular weight excluding hydrogens is 290 g/mol. The fourth-order valence-electron chi connectivity index (χ4n) is 3.66. The van der Waals surface area contributed by atoms with Gasteiger partial charge >= 0.3 is 0 Å². The molecule has 1 amide bonds. The molecule has 23 heavy (non-hydrogen) atoms. The van der Waals surface area contributed by atoms with Gasteiger partial charge in [-0.2, -0.15) is 5.10 Å². The van der Waals surface area contributed by atoms with Gasteiger partial charge in [0.1, 0.15) is 11.6 Å². The lowest BCUT2D eigenvalue weighted by Gasteiger charge is -2.30. The fourth-order valence-corrected chi connectivity index (χ4v) is 3.66. The summed E-state index contributed by atoms with van der Waals surface area (Å²) in [6.45, 7) is 5.46. The summed E-state index contributed by atoms with van der Waals surface area (Å²) in [7, 11) is 0. The summed E-state index contributed by atoms with van der Waals surface area (Å²) in [5, 5.41) is 4.30. The van der Waals surface area contributed by atoms with Gasteiger partial charge in [0, 0.05) is 38.4 Å². The summed E-state index contributed by atoms with van der Waals surface area (Å²) in [4.78, 5) is 21.6. The van der Waals surface area contributed by atoms with Gasteiger partial charge in [0.2, 0.25) is 5.91 Å². The normalized spacial score (nSPS) is 23.9. The van der Waals surface area contributed by atoms with Crippen LogP contribution in [0.5, 0.6) is 0 Å². The monoisotopic (exact) mass is 311 g/mol. The highest BCUT2D eigenvalue weighted by atomic mass is 16.2. The van der Waals surface area contributed by atoms with Crippen LogP contribution in [-0.2, 0) is 11.3 Å². The summed E-state index contributed by atoms with van der Waals surface area (Å²) in [5.74, 6) is 2.45. The standard InChI is InChI=1S/C17H21N5O/c1-13-11-20(15-5-2-3-7-18-15)12-14(13)17(23)21-9-4-10-22-16(21)6-8-19-22/h2-3,5-8,13-14H,4,9-12H2,1H3/t13-,14-/m1/s1. The number of hydrogen-bond acceptors (Lipinski definition) is 4. The second-order valence-electron chi connectivity index (χ2n) is 6.43. The molecule has 2 aliphatic heterocycles. The quantitative estimate of drug-likeness (QED) is 0.848. The van der Waals surface area contributed by atoms with Gasteiger partial charge in [-0.3, -0.25) is 9.69 Å². The summed E-state index contributed by atoms with van der Waals surface area (Å²) in [6, 6.07) is 7.86. The molecule has 4 rings (SSSR count). The predicted octanol–water partition coefficient (Wildman–Crippen LogP) is 1.79. The van der Waals surface area contributed by atoms with Crippen molar-refractivity contribution < 1.29 is 4.79 Å². The van der Waals surface area contributed by atoms with E-state index in [1.54, 1.807) is 12.4 Å². The molecule has 0 aliphatic carbocycles. The Balaban J connectivity index is 1.54. The number of amides is 1. The van der Waals surface area contributed by atoms with Crippen LogP contribution in [0.3, 0.4) is 0 Å². The fraction of sp³-hybridized carbons (Fsp3) is 0.471. The Hall–Kier alpha value is -2.37. The van der Waals surface area contributed by atoms with Crippen LogP contribution in [0.2, 0.25) is 0 Å². The SMILES string of the molecule is C[C@@H]1CN(c2ccccn2)C[C@H]1C(=O)N1CCCn2nccc21. The zero-order chi connectivity index (χ0) is 15.8. The minimum atomic E-state index is 0.0125. The molecule has 1 fully saturated rings. The number of pyridine rings is 1. The van der Waals surface area contributed by atoms with E-state index in [9.17, 15) is 4.79 Å². The molecule has 2 aromatic rings. The maximum Gasteiger partial charge on any atom is 0.233 e. The van der Waals surface area contributed by atoms with Crippen molar-refractivity contribution in [2.24, 2.45) is 11.8 Å². The first kappa shape index (κ1) is 14.2. The average molecular weight is 311 g/mol. The Morgan fingerprint density at radius 2 is 2.09 bits per heavy atom. The predicted molar refractivity (Wildman–Crippen MR) is 88.3 cm³/mol. The lowest BCUT2D eigenvalue weighted by Crippen LogP contribution is -2.43. The molecule has 0 radical (unpaired) electrons. The Morgan fingerprint density at radius 1 is 1.17 bits per heavy atom. The van der Waals surface area contributed by atoms with E-state index < -0.39 is 0 Å². The second kappa shape index (κ2) is 5.68. The van der Waals surface area contributed by atoms with Crippen LogP contribution in [-0.4, -0.2) is 40.3 Å². The van der Waals surface area contributed by atoms with Crippen molar-refractivity contribution in [2.45, 2.75) is 19.9 Å². The van der Waals surface area contributed by atoms with E-state index in [0.29, 0.717) is 5.92 Å². The number of anilines is 2. The van der Waals surface area contributed by atoms with Crippen molar-refractivity contribution in [3.63, 3.8) is 0 Å². The van der Waals surface area contributed by atoms with Crippen molar-refractivity contribution in [2.75, 3.05) is 29.4 Å². The van der Waals surface area contributed by atoms with Crippen molar-refractivity contribution in [1.82, 2.24) is 14.8 Å². The Kier molecular flexibility index (Phi) is 3.52. The number of aromatic nitrogens is 3. The first-order chi connectivity index (χ1) is 11.2. The van der Waals surface area contributed by atoms with Gasteiger partial charge in [0.05, 0.1) is 12.1 Å². The summed E-state index contributed by atoms with van der Waals surface area (Å²) in [6.07, 6.45) is 4.54. The van der Waals surface area contributed by atoms with E-state index >= 15 is 0 Å². The molecule has 0 saturated carbocycles. The molecule has 0 spiro atoms. The molecule has 0 N–H and O–H groups in total. The van der Waals surface area contributed by atoms with E-state index in [1.165, 1.54) is 0 Å². The van der Waals surface area contributed by atoms with Gasteiger partial charge in [0.25, 0.3) is 0 Å². The molecule has 6 nitrogen and oxygen atoms in total. The van der Waals surface area contributed by atoms with Crippen molar-refractivity contribution >= 4 is 17.5 Å². The Labute approximate surface area is 135 Å². The molecule has 2 aromatic heterocycles. The number of hydrogen-bond donors (Lipinski definition) is 0. The molecule has 120 valence electrons. The number of carbonyl (C=O) groups is 1. The van der Waals surface area contributed by atoms with Crippen LogP contribution in [0.4, 0.5) is 11.6 Å². The number of aryl methyl sites for hydroxylation is 1. The van der Waals surface area contributed by atoms with Gasteiger partial charge in [-0.25, -0.2) is 9.67 Å². The first-order valence-corrected chi connectivity index (χ1v) is 8.23. The van der Waals surface area contributed by atoms with Crippen molar-refractivity contribution in [1.29, 1.82) is 0 Å². The van der Waals surface area contributed by atoms with Gasteiger partial charge in [-0.1, -0.05) is 13.0 Å². The lowest BCUT2D eigenvalue weighted by atomic mass is 9.96. The Bertz CT molecular complexity index is 698. The topological polar surface area (TPSA) is 54.3 Å². The van der Waals surface area contributed by atoms with Crippen LogP contribution < -0.4 is 9.80 Å². The smallest absolute Gasteiger partial charge is 0.233 e. The minimum Gasteiger partial charge on any atom is -0.356 e. The minimum absolute atomic E-state index is 0.0125. The van der Waals surface area contributed by atoms with Crippen molar-refractivity contribution in [3.8, 4) is 0 Å². The van der Waals surface area contributed by atoms with Gasteiger partial charge < -0.3 is 4.90 Å². The van der Waals surface area contributed by atoms with Crippen LogP contribution in [0, 0.1) is 11.8 Å². The second-order valence-corrected chi connectivity index (χ2v) is 6.43. The number of rotatable bonds is 2. The van der Waals surface area contributed by atoms with Gasteiger partial charge in [-0.05, 0) is 24.5 Å². The molecule has 2 atom stereocenters. The molecular formula is C17H21N5O. The van der Waals surface area contributed by atoms with E-state index in [-0.39, 0.29) is 11.8 Å². The molecule has 0 aromatic carbocycles. The third-order valence-corrected chi connectivity index (χ3v) is 4.89. The summed E-state index contributed by atoms with van der Waals surface area (Å²) in [5.41, 5.74) is 0. The van der Waals surface area contributed by atoms with Crippen LogP contribution in [0.15, 0.2) is 36.7 Å². The van der Waals surface area contributed by atoms with Crippen molar-refractivity contribution in [3.05, 3.63) is 36.7 Å². The largest absolute Gasteiger partial charge is 0.356 e. The highest BCUT2D eigenvalue weighted by Gasteiger charge is 2.39. The molecule has 2 aliphatic rings. The summed E-state index contributed by atoms with van der Waals surface area (Å²) < 4.78 is 1.93. The van der Waals surface area contributed by atoms with Crippen LogP contribution in [0.1, 0.15) is 13.3 Å². The molecule has 4 heterocycles. The zero-order valence-electron chi connectivity index (χ0n) is 13.3. The lowest BCUT2D eigenvalue weighted by molar-refractivity contribution is -0.123. The highest BCUT2D eigenvalue weighted by Crippen LogP contribution is 2.30. The first-order valence-electron chi connectivity index (χ1n) is 8.23. The molecule has 1 saturated heterocycles. The number of fused-ring (bicyclic) bond motifs is 1. The third-order valence-electron chi connectivity index (χ3n) is 4.89. The van der Waals surface area contributed by atoms with E-state index in [0.717, 1.165) is 44.2 Å². The molecule has 0 unspecified atom stereocenters. The average Bonchev–Trinajstić information content (AvgIpc) is 3.21. The maximum absolute atomic E-state index is 13.1. The maximum atomic E-state index is 13.1. The third kappa shape index (κ3) is 2.48. The molecule has 0 bridgehead atoms. The van der Waals surface area contributed by atoms with E-state index in [4.69, 9.17) is 0 Å². The zero-order valence-corrected chi connectivity index (χ0v) is 13.3. The highest BCUT2D eigenvalue weighted by molar-refractivity contribution is 5.95. The van der Waals surface area contributed by atoms with Crippen LogP contribution in [0.25, 0.3) is 0 Å². The van der Waals surface area contributed by atoms with Crippen LogP contribution >= 0.6 is 0 Å².